The van der Waals surface area contributed by atoms with Crippen LogP contribution in [0.25, 0.3) is 0 Å². The largest absolute Gasteiger partial charge is 0.464 e. The normalized spacial score (nSPS) is 38.8. The molecule has 0 amide bonds. The lowest BCUT2D eigenvalue weighted by Gasteiger charge is -2.32. The Bertz CT molecular complexity index is 571. The number of rotatable bonds is 5. The van der Waals surface area contributed by atoms with Crippen molar-refractivity contribution >= 4 is 16.0 Å². The van der Waals surface area contributed by atoms with Crippen LogP contribution in [-0.2, 0) is 24.3 Å². The van der Waals surface area contributed by atoms with Gasteiger partial charge >= 0.3 is 5.97 Å². The molecule has 3 aliphatic rings. The predicted octanol–water partition coefficient (Wildman–Crippen LogP) is 1.59. The molecule has 0 radical (unpaired) electrons. The second-order valence-corrected chi connectivity index (χ2v) is 9.47. The number of carbonyl (C=O) groups excluding carboxylic acids is 1. The minimum absolute atomic E-state index is 0.00596. The van der Waals surface area contributed by atoms with Gasteiger partial charge in [0.05, 0.1) is 18.0 Å². The monoisotopic (exact) mass is 345 g/mol. The summed E-state index contributed by atoms with van der Waals surface area (Å²) in [5.41, 5.74) is -0.235. The molecular weight excluding hydrogens is 318 g/mol. The maximum absolute atomic E-state index is 12.6. The number of ether oxygens (including phenoxy) is 2. The van der Waals surface area contributed by atoms with Crippen LogP contribution in [0.5, 0.6) is 0 Å². The van der Waals surface area contributed by atoms with E-state index in [2.05, 4.69) is 4.72 Å². The molecule has 3 rings (SSSR count). The van der Waals surface area contributed by atoms with E-state index in [1.807, 2.05) is 13.8 Å². The Kier molecular flexibility index (Phi) is 4.48. The van der Waals surface area contributed by atoms with Gasteiger partial charge in [0.25, 0.3) is 0 Å². The maximum Gasteiger partial charge on any atom is 0.335 e. The van der Waals surface area contributed by atoms with E-state index >= 15 is 0 Å². The summed E-state index contributed by atoms with van der Waals surface area (Å²) in [6.45, 7) is 6.03. The molecule has 6 nitrogen and oxygen atoms in total. The molecule has 5 atom stereocenters. The molecule has 1 aliphatic heterocycles. The Labute approximate surface area is 138 Å². The highest BCUT2D eigenvalue weighted by Gasteiger charge is 2.51. The molecule has 1 saturated heterocycles. The van der Waals surface area contributed by atoms with E-state index in [1.54, 1.807) is 6.92 Å². The van der Waals surface area contributed by atoms with Crippen LogP contribution >= 0.6 is 0 Å². The predicted molar refractivity (Wildman–Crippen MR) is 85.3 cm³/mol. The zero-order valence-corrected chi connectivity index (χ0v) is 14.9. The summed E-state index contributed by atoms with van der Waals surface area (Å²) in [7, 11) is -3.31. The van der Waals surface area contributed by atoms with Gasteiger partial charge in [-0.15, -0.1) is 0 Å². The first-order valence-electron chi connectivity index (χ1n) is 8.60. The van der Waals surface area contributed by atoms with Crippen LogP contribution in [0.2, 0.25) is 0 Å². The average molecular weight is 345 g/mol. The van der Waals surface area contributed by atoms with Crippen molar-refractivity contribution < 1.29 is 22.7 Å². The second kappa shape index (κ2) is 6.01. The van der Waals surface area contributed by atoms with E-state index in [4.69, 9.17) is 9.47 Å². The molecule has 0 bridgehead atoms. The first-order chi connectivity index (χ1) is 10.8. The van der Waals surface area contributed by atoms with Gasteiger partial charge in [0.2, 0.25) is 10.0 Å². The van der Waals surface area contributed by atoms with E-state index in [1.165, 1.54) is 0 Å². The number of esters is 1. The number of nitrogens with one attached hydrogen (secondary N) is 1. The van der Waals surface area contributed by atoms with Gasteiger partial charge in [0, 0.05) is 5.54 Å². The van der Waals surface area contributed by atoms with E-state index < -0.39 is 16.1 Å². The van der Waals surface area contributed by atoms with Crippen molar-refractivity contribution in [3.8, 4) is 0 Å². The maximum atomic E-state index is 12.6. The molecule has 0 aromatic carbocycles. The van der Waals surface area contributed by atoms with Crippen molar-refractivity contribution in [2.24, 2.45) is 11.8 Å². The molecule has 132 valence electrons. The third kappa shape index (κ3) is 3.42. The van der Waals surface area contributed by atoms with Gasteiger partial charge < -0.3 is 9.47 Å². The van der Waals surface area contributed by atoms with E-state index in [9.17, 15) is 13.2 Å². The summed E-state index contributed by atoms with van der Waals surface area (Å²) in [4.78, 5) is 12.0. The highest BCUT2D eigenvalue weighted by molar-refractivity contribution is 7.90. The second-order valence-electron chi connectivity index (χ2n) is 7.51. The minimum Gasteiger partial charge on any atom is -0.464 e. The topological polar surface area (TPSA) is 81.7 Å². The molecule has 23 heavy (non-hydrogen) atoms. The molecular formula is C16H27NO5S. The standard InChI is InChI=1S/C16H27NO5S/c1-4-21-15(18)14-10(2)12-9-11(5-6-13(12)22-14)23(19,20)17-16(3)7-8-16/h10-14,17H,4-9H2,1-3H3. The van der Waals surface area contributed by atoms with Crippen LogP contribution in [0.4, 0.5) is 0 Å². The Balaban J connectivity index is 1.67. The Morgan fingerprint density at radius 2 is 2.04 bits per heavy atom. The fourth-order valence-electron chi connectivity index (χ4n) is 3.89. The fraction of sp³-hybridized carbons (Fsp3) is 0.938. The molecule has 0 aromatic heterocycles. The van der Waals surface area contributed by atoms with Crippen LogP contribution in [0.1, 0.15) is 52.9 Å². The van der Waals surface area contributed by atoms with Gasteiger partial charge in [0.15, 0.2) is 6.10 Å². The lowest BCUT2D eigenvalue weighted by Crippen LogP contribution is -2.45. The number of hydrogen-bond acceptors (Lipinski definition) is 5. The van der Waals surface area contributed by atoms with Gasteiger partial charge in [-0.1, -0.05) is 6.92 Å². The summed E-state index contributed by atoms with van der Waals surface area (Å²) in [6, 6.07) is 0. The molecule has 2 aliphatic carbocycles. The van der Waals surface area contributed by atoms with Crippen LogP contribution in [-0.4, -0.2) is 44.0 Å². The highest BCUT2D eigenvalue weighted by atomic mass is 32.2. The molecule has 1 heterocycles. The van der Waals surface area contributed by atoms with Gasteiger partial charge in [-0.2, -0.15) is 0 Å². The molecule has 7 heteroatoms. The number of sulfonamides is 1. The SMILES string of the molecule is CCOC(=O)C1OC2CCC(S(=O)(=O)NC3(C)CC3)CC2C1C. The van der Waals surface area contributed by atoms with Crippen LogP contribution in [0, 0.1) is 11.8 Å². The van der Waals surface area contributed by atoms with E-state index in [0.717, 1.165) is 12.8 Å². The van der Waals surface area contributed by atoms with Crippen molar-refractivity contribution in [3.63, 3.8) is 0 Å². The lowest BCUT2D eigenvalue weighted by atomic mass is 9.79. The van der Waals surface area contributed by atoms with Crippen molar-refractivity contribution in [2.75, 3.05) is 6.61 Å². The molecule has 5 unspecified atom stereocenters. The number of fused-ring (bicyclic) bond motifs is 1. The third-order valence-corrected chi connectivity index (χ3v) is 7.69. The van der Waals surface area contributed by atoms with Gasteiger partial charge in [-0.25, -0.2) is 17.9 Å². The van der Waals surface area contributed by atoms with Crippen LogP contribution in [0.3, 0.4) is 0 Å². The number of carbonyl (C=O) groups is 1. The Morgan fingerprint density at radius 1 is 1.35 bits per heavy atom. The zero-order valence-electron chi connectivity index (χ0n) is 14.1. The Hall–Kier alpha value is -0.660. The molecule has 2 saturated carbocycles. The first kappa shape index (κ1) is 17.2. The summed E-state index contributed by atoms with van der Waals surface area (Å²) in [5, 5.41) is -0.381. The van der Waals surface area contributed by atoms with E-state index in [0.29, 0.717) is 25.9 Å². The Morgan fingerprint density at radius 3 is 2.65 bits per heavy atom. The zero-order chi connectivity index (χ0) is 16.8. The molecule has 0 aromatic rings. The highest BCUT2D eigenvalue weighted by Crippen LogP contribution is 2.44. The number of hydrogen-bond donors (Lipinski definition) is 1. The third-order valence-electron chi connectivity index (χ3n) is 5.61. The fourth-order valence-corrected chi connectivity index (χ4v) is 5.87. The minimum atomic E-state index is -3.31. The smallest absolute Gasteiger partial charge is 0.335 e. The van der Waals surface area contributed by atoms with E-state index in [-0.39, 0.29) is 34.7 Å². The lowest BCUT2D eigenvalue weighted by molar-refractivity contribution is -0.157. The van der Waals surface area contributed by atoms with Crippen molar-refractivity contribution in [1.29, 1.82) is 0 Å². The van der Waals surface area contributed by atoms with Crippen LogP contribution < -0.4 is 4.72 Å². The van der Waals surface area contributed by atoms with Gasteiger partial charge in [0.1, 0.15) is 0 Å². The summed E-state index contributed by atoms with van der Waals surface area (Å²) < 4.78 is 39.0. The summed E-state index contributed by atoms with van der Waals surface area (Å²) in [5.74, 6) is -0.224. The average Bonchev–Trinajstić information content (AvgIpc) is 3.09. The molecule has 1 N–H and O–H groups in total. The van der Waals surface area contributed by atoms with Gasteiger partial charge in [-0.3, -0.25) is 0 Å². The molecule has 0 spiro atoms. The first-order valence-corrected chi connectivity index (χ1v) is 10.2. The van der Waals surface area contributed by atoms with Crippen molar-refractivity contribution in [1.82, 2.24) is 4.72 Å². The summed E-state index contributed by atoms with van der Waals surface area (Å²) >= 11 is 0. The van der Waals surface area contributed by atoms with Crippen molar-refractivity contribution in [2.45, 2.75) is 75.9 Å². The van der Waals surface area contributed by atoms with Crippen molar-refractivity contribution in [3.05, 3.63) is 0 Å². The van der Waals surface area contributed by atoms with Gasteiger partial charge in [-0.05, 0) is 57.8 Å². The van der Waals surface area contributed by atoms with Crippen LogP contribution in [0.15, 0.2) is 0 Å². The summed E-state index contributed by atoms with van der Waals surface area (Å²) in [6.07, 6.45) is 3.09. The quantitative estimate of drug-likeness (QED) is 0.765. The molecule has 3 fully saturated rings.